The van der Waals surface area contributed by atoms with E-state index in [4.69, 9.17) is 0 Å². The number of fused-ring (bicyclic) bond motifs is 2. The number of anilines is 1. The Morgan fingerprint density at radius 3 is 2.64 bits per heavy atom. The Morgan fingerprint density at radius 1 is 1.09 bits per heavy atom. The Labute approximate surface area is 131 Å². The van der Waals surface area contributed by atoms with Gasteiger partial charge in [0.25, 0.3) is 0 Å². The lowest BCUT2D eigenvalue weighted by Gasteiger charge is -2.01. The van der Waals surface area contributed by atoms with Gasteiger partial charge in [-0.25, -0.2) is 4.99 Å². The summed E-state index contributed by atoms with van der Waals surface area (Å²) in [6.07, 6.45) is 3.24. The highest BCUT2D eigenvalue weighted by atomic mass is 14.9. The minimum Gasteiger partial charge on any atom is -0.382 e. The molecular formula is C20H23N2+. The van der Waals surface area contributed by atoms with Gasteiger partial charge in [0.05, 0.1) is 5.22 Å². The molecule has 2 aromatic rings. The maximum absolute atomic E-state index is 3.83. The highest BCUT2D eigenvalue weighted by molar-refractivity contribution is 5.57. The minimum atomic E-state index is 0.617. The van der Waals surface area contributed by atoms with Gasteiger partial charge in [-0.15, -0.1) is 0 Å². The summed E-state index contributed by atoms with van der Waals surface area (Å²) >= 11 is 0. The third-order valence-electron chi connectivity index (χ3n) is 4.02. The van der Waals surface area contributed by atoms with Crippen molar-refractivity contribution in [2.75, 3.05) is 5.32 Å². The molecule has 0 radical (unpaired) electrons. The molecule has 0 amide bonds. The molecule has 2 aromatic carbocycles. The van der Waals surface area contributed by atoms with Crippen molar-refractivity contribution < 1.29 is 4.99 Å². The van der Waals surface area contributed by atoms with Crippen molar-refractivity contribution in [2.24, 2.45) is 0 Å². The molecule has 0 saturated carbocycles. The number of benzene rings is 2. The number of rotatable bonds is 0. The van der Waals surface area contributed by atoms with Crippen molar-refractivity contribution in [3.8, 4) is 0 Å². The van der Waals surface area contributed by atoms with Crippen LogP contribution in [-0.2, 0) is 6.42 Å². The van der Waals surface area contributed by atoms with E-state index in [1.807, 2.05) is 0 Å². The van der Waals surface area contributed by atoms with E-state index in [1.54, 1.807) is 0 Å². The molecule has 2 nitrogen and oxygen atoms in total. The van der Waals surface area contributed by atoms with Crippen molar-refractivity contribution >= 4 is 11.8 Å². The van der Waals surface area contributed by atoms with Crippen LogP contribution in [0.1, 0.15) is 23.6 Å². The molecule has 0 spiro atoms. The van der Waals surface area contributed by atoms with Gasteiger partial charge in [-0.05, 0) is 51.5 Å². The fraction of sp³-hybridized carbons (Fsp3) is 0.250. The normalized spacial score (nSPS) is 17.4. The first-order valence-electron chi connectivity index (χ1n) is 7.78. The fourth-order valence-corrected chi connectivity index (χ4v) is 2.99. The van der Waals surface area contributed by atoms with E-state index in [1.165, 1.54) is 39.4 Å². The van der Waals surface area contributed by atoms with Crippen LogP contribution in [0.4, 0.5) is 5.69 Å². The third-order valence-corrected chi connectivity index (χ3v) is 4.02. The Bertz CT molecular complexity index is 846. The lowest BCUT2D eigenvalue weighted by Crippen LogP contribution is -2.73. The maximum Gasteiger partial charge on any atom is 0.211 e. The van der Waals surface area contributed by atoms with Crippen LogP contribution in [0.25, 0.3) is 6.08 Å². The van der Waals surface area contributed by atoms with E-state index in [9.17, 15) is 0 Å². The topological polar surface area (TPSA) is 26.0 Å². The molecular weight excluding hydrogens is 268 g/mol. The van der Waals surface area contributed by atoms with Gasteiger partial charge in [0.2, 0.25) is 5.36 Å². The summed E-state index contributed by atoms with van der Waals surface area (Å²) in [5.74, 6) is 0. The fourth-order valence-electron chi connectivity index (χ4n) is 2.99. The van der Waals surface area contributed by atoms with E-state index >= 15 is 0 Å². The van der Waals surface area contributed by atoms with E-state index in [2.05, 4.69) is 80.1 Å². The van der Waals surface area contributed by atoms with Gasteiger partial charge < -0.3 is 5.32 Å². The molecule has 2 heterocycles. The number of nitrogens with one attached hydrogen (secondary N) is 2. The summed E-state index contributed by atoms with van der Waals surface area (Å²) in [5, 5.41) is 5.84. The molecule has 2 N–H and O–H groups in total. The minimum absolute atomic E-state index is 0.617. The summed E-state index contributed by atoms with van der Waals surface area (Å²) < 4.78 is 0. The molecule has 2 aliphatic heterocycles. The van der Waals surface area contributed by atoms with E-state index in [0.717, 1.165) is 5.70 Å². The number of hydrogen-bond donors (Lipinski definition) is 2. The van der Waals surface area contributed by atoms with Crippen LogP contribution in [-0.4, -0.2) is 6.04 Å². The summed E-state index contributed by atoms with van der Waals surface area (Å²) in [4.78, 5) is 3.17. The Morgan fingerprint density at radius 2 is 1.82 bits per heavy atom. The molecule has 112 valence electrons. The lowest BCUT2D eigenvalue weighted by atomic mass is 10.1. The molecule has 0 fully saturated rings. The molecule has 2 heteroatoms. The smallest absolute Gasteiger partial charge is 0.211 e. The van der Waals surface area contributed by atoms with Crippen molar-refractivity contribution in [1.29, 1.82) is 0 Å². The van der Waals surface area contributed by atoms with Gasteiger partial charge in [-0.1, -0.05) is 29.3 Å². The van der Waals surface area contributed by atoms with Crippen LogP contribution >= 0.6 is 0 Å². The second kappa shape index (κ2) is 5.80. The van der Waals surface area contributed by atoms with Crippen LogP contribution in [0, 0.1) is 13.8 Å². The molecule has 1 unspecified atom stereocenters. The average Bonchev–Trinajstić information content (AvgIpc) is 2.99. The van der Waals surface area contributed by atoms with Crippen LogP contribution in [0.2, 0.25) is 0 Å². The molecule has 0 saturated heterocycles. The third kappa shape index (κ3) is 3.11. The summed E-state index contributed by atoms with van der Waals surface area (Å²) in [6.45, 7) is 10.3. The molecule has 2 aliphatic rings. The van der Waals surface area contributed by atoms with Gasteiger partial charge in [0.1, 0.15) is 0 Å². The zero-order valence-corrected chi connectivity index (χ0v) is 13.5. The van der Waals surface area contributed by atoms with Gasteiger partial charge in [0, 0.05) is 23.9 Å². The largest absolute Gasteiger partial charge is 0.382 e. The number of aryl methyl sites for hydroxylation is 2. The standard InChI is InChI=1S/C10H13N.C10H9N/c2*1-7-3-4-10-9(5-7)6-8(2)11-10/h3-5,8,11H,6H2,1-2H3;3-6H,2H2,1H3/p+1. The zero-order chi connectivity index (χ0) is 15.7. The summed E-state index contributed by atoms with van der Waals surface area (Å²) in [5.41, 5.74) is 6.42. The van der Waals surface area contributed by atoms with Crippen LogP contribution in [0.3, 0.4) is 0 Å². The number of hydrogen-bond acceptors (Lipinski definition) is 1. The van der Waals surface area contributed by atoms with Crippen LogP contribution in [0.5, 0.6) is 0 Å². The quantitative estimate of drug-likeness (QED) is 0.753. The van der Waals surface area contributed by atoms with Crippen LogP contribution < -0.4 is 20.9 Å². The second-order valence-corrected chi connectivity index (χ2v) is 6.30. The van der Waals surface area contributed by atoms with Gasteiger partial charge >= 0.3 is 0 Å². The Hall–Kier alpha value is -2.35. The molecule has 0 aliphatic carbocycles. The summed E-state index contributed by atoms with van der Waals surface area (Å²) in [7, 11) is 0. The molecule has 4 rings (SSSR count). The lowest BCUT2D eigenvalue weighted by molar-refractivity contribution is -0.430. The predicted molar refractivity (Wildman–Crippen MR) is 92.1 cm³/mol. The van der Waals surface area contributed by atoms with E-state index in [0.29, 0.717) is 6.04 Å². The van der Waals surface area contributed by atoms with Crippen molar-refractivity contribution in [3.63, 3.8) is 0 Å². The first-order valence-corrected chi connectivity index (χ1v) is 7.78. The molecule has 0 aromatic heterocycles. The Kier molecular flexibility index (Phi) is 3.84. The average molecular weight is 291 g/mol. The van der Waals surface area contributed by atoms with E-state index < -0.39 is 0 Å². The Balaban J connectivity index is 0.000000131. The molecule has 1 atom stereocenters. The van der Waals surface area contributed by atoms with Gasteiger partial charge in [0.15, 0.2) is 5.70 Å². The highest BCUT2D eigenvalue weighted by Crippen LogP contribution is 2.25. The zero-order valence-electron chi connectivity index (χ0n) is 13.5. The second-order valence-electron chi connectivity index (χ2n) is 6.30. The predicted octanol–water partition coefficient (Wildman–Crippen LogP) is 1.35. The first-order chi connectivity index (χ1) is 10.5. The van der Waals surface area contributed by atoms with Crippen molar-refractivity contribution in [2.45, 2.75) is 33.2 Å². The van der Waals surface area contributed by atoms with Crippen molar-refractivity contribution in [1.82, 2.24) is 0 Å². The van der Waals surface area contributed by atoms with Gasteiger partial charge in [-0.3, -0.25) is 0 Å². The monoisotopic (exact) mass is 291 g/mol. The van der Waals surface area contributed by atoms with Crippen molar-refractivity contribution in [3.05, 3.63) is 75.9 Å². The summed E-state index contributed by atoms with van der Waals surface area (Å²) in [6, 6.07) is 13.5. The SMILES string of the molecule is C=C1C=c2cc(C)ccc2=[NH+]1.Cc1ccc2c(c1)CC(C)N2. The molecule has 22 heavy (non-hydrogen) atoms. The highest BCUT2D eigenvalue weighted by Gasteiger charge is 2.15. The van der Waals surface area contributed by atoms with Gasteiger partial charge in [-0.2, -0.15) is 0 Å². The maximum atomic E-state index is 3.83. The van der Waals surface area contributed by atoms with Crippen LogP contribution in [0.15, 0.2) is 48.7 Å². The first kappa shape index (κ1) is 14.6. The number of allylic oxidation sites excluding steroid dienone is 1. The molecule has 0 bridgehead atoms. The van der Waals surface area contributed by atoms with E-state index in [-0.39, 0.29) is 0 Å².